The van der Waals surface area contributed by atoms with Crippen molar-refractivity contribution in [2.24, 2.45) is 11.3 Å². The lowest BCUT2D eigenvalue weighted by Crippen LogP contribution is -2.38. The molecule has 1 N–H and O–H groups in total. The highest BCUT2D eigenvalue weighted by atomic mass is 16.5. The van der Waals surface area contributed by atoms with Crippen molar-refractivity contribution in [2.75, 3.05) is 13.2 Å². The molecule has 1 heterocycles. The summed E-state index contributed by atoms with van der Waals surface area (Å²) in [5.41, 5.74) is 5.43. The van der Waals surface area contributed by atoms with Crippen molar-refractivity contribution in [3.8, 4) is 5.75 Å². The van der Waals surface area contributed by atoms with E-state index >= 15 is 0 Å². The van der Waals surface area contributed by atoms with Crippen molar-refractivity contribution in [1.82, 2.24) is 5.32 Å². The third-order valence-electron chi connectivity index (χ3n) is 8.13. The fourth-order valence-corrected chi connectivity index (χ4v) is 5.58. The molecule has 2 aliphatic rings. The molecule has 3 atom stereocenters. The number of carbonyl (C=O) groups is 1. The van der Waals surface area contributed by atoms with E-state index in [0.717, 1.165) is 50.4 Å². The molecule has 0 bridgehead atoms. The molecule has 37 heavy (non-hydrogen) atoms. The van der Waals surface area contributed by atoms with E-state index in [2.05, 4.69) is 51.2 Å². The number of nitrogens with one attached hydrogen (secondary N) is 1. The fraction of sp³-hybridized carbons (Fsp3) is 0.606. The van der Waals surface area contributed by atoms with Gasteiger partial charge in [-0.3, -0.25) is 4.79 Å². The highest BCUT2D eigenvalue weighted by Crippen LogP contribution is 2.29. The summed E-state index contributed by atoms with van der Waals surface area (Å²) in [7, 11) is 0. The van der Waals surface area contributed by atoms with Gasteiger partial charge in [-0.15, -0.1) is 0 Å². The van der Waals surface area contributed by atoms with Crippen LogP contribution in [0.2, 0.25) is 0 Å². The zero-order valence-electron chi connectivity index (χ0n) is 23.5. The number of ether oxygens (including phenoxy) is 2. The van der Waals surface area contributed by atoms with Crippen LogP contribution in [-0.4, -0.2) is 31.3 Å². The number of hydrogen-bond acceptors (Lipinski definition) is 3. The second-order valence-corrected chi connectivity index (χ2v) is 12.4. The Balaban J connectivity index is 1.24. The smallest absolute Gasteiger partial charge is 0.251 e. The average Bonchev–Trinajstić information content (AvgIpc) is 3.41. The number of aryl methyl sites for hydroxylation is 2. The first kappa shape index (κ1) is 27.7. The fourth-order valence-electron chi connectivity index (χ4n) is 5.58. The van der Waals surface area contributed by atoms with Crippen molar-refractivity contribution in [3.05, 3.63) is 64.7 Å². The average molecular weight is 506 g/mol. The van der Waals surface area contributed by atoms with Gasteiger partial charge in [-0.05, 0) is 110 Å². The van der Waals surface area contributed by atoms with Crippen LogP contribution in [0.3, 0.4) is 0 Å². The second kappa shape index (κ2) is 13.0. The molecule has 0 saturated carbocycles. The quantitative estimate of drug-likeness (QED) is 0.348. The second-order valence-electron chi connectivity index (χ2n) is 12.4. The molecule has 1 saturated heterocycles. The summed E-state index contributed by atoms with van der Waals surface area (Å²) >= 11 is 0. The minimum atomic E-state index is -0.00314. The Morgan fingerprint density at radius 1 is 1.08 bits per heavy atom. The third-order valence-corrected chi connectivity index (χ3v) is 8.13. The van der Waals surface area contributed by atoms with Gasteiger partial charge in [0.25, 0.3) is 5.91 Å². The van der Waals surface area contributed by atoms with E-state index < -0.39 is 0 Å². The number of hydrogen-bond donors (Lipinski definition) is 1. The molecule has 202 valence electrons. The van der Waals surface area contributed by atoms with E-state index in [4.69, 9.17) is 9.47 Å². The Morgan fingerprint density at radius 2 is 1.89 bits per heavy atom. The first-order valence-electron chi connectivity index (χ1n) is 14.5. The van der Waals surface area contributed by atoms with Crippen molar-refractivity contribution in [2.45, 2.75) is 104 Å². The molecule has 1 aliphatic carbocycles. The summed E-state index contributed by atoms with van der Waals surface area (Å²) in [4.78, 5) is 12.9. The summed E-state index contributed by atoms with van der Waals surface area (Å²) in [5.74, 6) is 1.60. The largest absolute Gasteiger partial charge is 0.491 e. The topological polar surface area (TPSA) is 47.6 Å². The Morgan fingerprint density at radius 3 is 2.59 bits per heavy atom. The predicted molar refractivity (Wildman–Crippen MR) is 151 cm³/mol. The van der Waals surface area contributed by atoms with Gasteiger partial charge < -0.3 is 14.8 Å². The lowest BCUT2D eigenvalue weighted by Gasteiger charge is -2.26. The van der Waals surface area contributed by atoms with E-state index in [1.807, 2.05) is 24.3 Å². The zero-order chi connectivity index (χ0) is 26.3. The van der Waals surface area contributed by atoms with Gasteiger partial charge in [-0.1, -0.05) is 52.3 Å². The number of fused-ring (bicyclic) bond motifs is 1. The van der Waals surface area contributed by atoms with Gasteiger partial charge in [0.15, 0.2) is 0 Å². The molecule has 4 nitrogen and oxygen atoms in total. The first-order chi connectivity index (χ1) is 17.8. The maximum absolute atomic E-state index is 12.9. The number of amides is 1. The maximum atomic E-state index is 12.9. The van der Waals surface area contributed by atoms with Gasteiger partial charge in [-0.2, -0.15) is 0 Å². The minimum Gasteiger partial charge on any atom is -0.491 e. The molecule has 2 aromatic rings. The van der Waals surface area contributed by atoms with Crippen LogP contribution in [0.5, 0.6) is 5.75 Å². The van der Waals surface area contributed by atoms with Crippen LogP contribution >= 0.6 is 0 Å². The molecule has 0 radical (unpaired) electrons. The van der Waals surface area contributed by atoms with E-state index in [9.17, 15) is 4.79 Å². The zero-order valence-corrected chi connectivity index (χ0v) is 23.5. The van der Waals surface area contributed by atoms with Gasteiger partial charge in [0, 0.05) is 18.2 Å². The van der Waals surface area contributed by atoms with Crippen LogP contribution in [0, 0.1) is 11.3 Å². The van der Waals surface area contributed by atoms with Gasteiger partial charge >= 0.3 is 0 Å². The summed E-state index contributed by atoms with van der Waals surface area (Å²) in [6.45, 7) is 10.8. The molecular weight excluding hydrogens is 458 g/mol. The molecule has 1 amide bonds. The van der Waals surface area contributed by atoms with Gasteiger partial charge in [-0.25, -0.2) is 0 Å². The summed E-state index contributed by atoms with van der Waals surface area (Å²) in [5, 5.41) is 3.26. The maximum Gasteiger partial charge on any atom is 0.251 e. The van der Waals surface area contributed by atoms with E-state index in [1.54, 1.807) is 0 Å². The number of rotatable bonds is 11. The van der Waals surface area contributed by atoms with Crippen molar-refractivity contribution >= 4 is 5.91 Å². The van der Waals surface area contributed by atoms with Crippen molar-refractivity contribution < 1.29 is 14.3 Å². The molecule has 4 heteroatoms. The lowest BCUT2D eigenvalue weighted by atomic mass is 9.83. The SMILES string of the molecule is CCC(CCc1ccc2c(c1)CC[C@H](NC(=O)c1ccc(OC[C@@H]3CCCO3)cc1)C2)CCC(C)(C)C. The van der Waals surface area contributed by atoms with Crippen LogP contribution in [0.4, 0.5) is 0 Å². The lowest BCUT2D eigenvalue weighted by molar-refractivity contribution is 0.0679. The van der Waals surface area contributed by atoms with Gasteiger partial charge in [0.05, 0.1) is 6.10 Å². The molecule has 0 aromatic heterocycles. The number of benzene rings is 2. The predicted octanol–water partition coefficient (Wildman–Crippen LogP) is 7.32. The summed E-state index contributed by atoms with van der Waals surface area (Å²) in [6, 6.07) is 14.7. The van der Waals surface area contributed by atoms with E-state index in [1.165, 1.54) is 48.8 Å². The Kier molecular flexibility index (Phi) is 9.70. The Bertz CT molecular complexity index is 1000. The first-order valence-corrected chi connectivity index (χ1v) is 14.5. The van der Waals surface area contributed by atoms with Gasteiger partial charge in [0.1, 0.15) is 12.4 Å². The van der Waals surface area contributed by atoms with Crippen molar-refractivity contribution in [3.63, 3.8) is 0 Å². The molecule has 1 fully saturated rings. The number of carbonyl (C=O) groups excluding carboxylic acids is 1. The molecule has 1 aliphatic heterocycles. The summed E-state index contributed by atoms with van der Waals surface area (Å²) < 4.78 is 11.4. The highest BCUT2D eigenvalue weighted by Gasteiger charge is 2.22. The Hall–Kier alpha value is -2.33. The summed E-state index contributed by atoms with van der Waals surface area (Å²) in [6.07, 6.45) is 11.7. The van der Waals surface area contributed by atoms with Crippen LogP contribution in [0.25, 0.3) is 0 Å². The van der Waals surface area contributed by atoms with Crippen LogP contribution in [-0.2, 0) is 24.0 Å². The third kappa shape index (κ3) is 8.60. The van der Waals surface area contributed by atoms with Gasteiger partial charge in [0.2, 0.25) is 0 Å². The highest BCUT2D eigenvalue weighted by molar-refractivity contribution is 5.94. The minimum absolute atomic E-state index is 0.00314. The molecular formula is C33H47NO3. The normalized spacial score (nSPS) is 20.3. The molecule has 4 rings (SSSR count). The standard InChI is InChI=1S/C33H47NO3/c1-5-24(18-19-33(2,3)4)8-9-25-10-11-28-22-29(15-12-27(28)21-25)34-32(35)26-13-16-30(17-14-26)37-23-31-7-6-20-36-31/h10-11,13-14,16-17,21,24,29,31H,5-9,12,15,18-20,22-23H2,1-4H3,(H,34,35)/t24?,29-,31-/m0/s1. The monoisotopic (exact) mass is 505 g/mol. The van der Waals surface area contributed by atoms with Crippen LogP contribution in [0.15, 0.2) is 42.5 Å². The van der Waals surface area contributed by atoms with E-state index in [-0.39, 0.29) is 18.1 Å². The van der Waals surface area contributed by atoms with Crippen LogP contribution in [0.1, 0.15) is 99.7 Å². The molecule has 0 spiro atoms. The van der Waals surface area contributed by atoms with Crippen LogP contribution < -0.4 is 10.1 Å². The Labute approximate surface area is 224 Å². The molecule has 1 unspecified atom stereocenters. The van der Waals surface area contributed by atoms with E-state index in [0.29, 0.717) is 17.6 Å². The van der Waals surface area contributed by atoms with Crippen molar-refractivity contribution in [1.29, 1.82) is 0 Å². The molecule has 2 aromatic carbocycles.